The molecule has 0 aromatic heterocycles. The number of nitrogen functional groups attached to an aromatic ring is 1. The molecule has 0 saturated heterocycles. The molecule has 3 N–H and O–H groups in total. The fraction of sp³-hybridized carbons (Fsp3) is 0.235. The number of hydrogen-bond donors (Lipinski definition) is 2. The zero-order valence-electron chi connectivity index (χ0n) is 12.4. The Hall–Kier alpha value is -1.56. The topological polar surface area (TPSA) is 55.1 Å². The van der Waals surface area contributed by atoms with Crippen molar-refractivity contribution in [2.24, 2.45) is 0 Å². The minimum absolute atomic E-state index is 0.0353. The smallest absolute Gasteiger partial charge is 0.234 e. The van der Waals surface area contributed by atoms with Gasteiger partial charge in [0.05, 0.1) is 5.41 Å². The number of carbonyl (C=O) groups is 1. The third-order valence-corrected chi connectivity index (χ3v) is 4.79. The number of benzene rings is 2. The second-order valence-electron chi connectivity index (χ2n) is 5.67. The van der Waals surface area contributed by atoms with Gasteiger partial charge in [-0.05, 0) is 78.8 Å². The first-order chi connectivity index (χ1) is 9.80. The summed E-state index contributed by atoms with van der Waals surface area (Å²) in [7, 11) is 0. The highest BCUT2D eigenvalue weighted by molar-refractivity contribution is 14.1. The second-order valence-corrected chi connectivity index (χ2v) is 6.83. The Morgan fingerprint density at radius 2 is 1.76 bits per heavy atom. The van der Waals surface area contributed by atoms with Crippen LogP contribution in [-0.4, -0.2) is 5.91 Å². The lowest BCUT2D eigenvalue weighted by Crippen LogP contribution is -2.34. The first-order valence-corrected chi connectivity index (χ1v) is 7.82. The van der Waals surface area contributed by atoms with Gasteiger partial charge in [0.15, 0.2) is 0 Å². The van der Waals surface area contributed by atoms with Gasteiger partial charge < -0.3 is 11.1 Å². The minimum atomic E-state index is -0.621. The minimum Gasteiger partial charge on any atom is -0.399 e. The monoisotopic (exact) mass is 394 g/mol. The number of amides is 1. The van der Waals surface area contributed by atoms with Crippen molar-refractivity contribution < 1.29 is 4.79 Å². The molecule has 110 valence electrons. The van der Waals surface area contributed by atoms with Crippen LogP contribution in [0.2, 0.25) is 0 Å². The van der Waals surface area contributed by atoms with E-state index in [1.165, 1.54) is 5.56 Å². The highest BCUT2D eigenvalue weighted by atomic mass is 127. The quantitative estimate of drug-likeness (QED) is 0.609. The highest BCUT2D eigenvalue weighted by Crippen LogP contribution is 2.26. The Balaban J connectivity index is 2.21. The first-order valence-electron chi connectivity index (χ1n) is 6.74. The largest absolute Gasteiger partial charge is 0.399 e. The predicted molar refractivity (Wildman–Crippen MR) is 96.4 cm³/mol. The molecule has 2 aromatic carbocycles. The standard InChI is InChI=1S/C17H19IN2O/c1-11-4-9-14(10-15(11)18)20-16(21)17(2,3)12-5-7-13(19)8-6-12/h4-10H,19H2,1-3H3,(H,20,21). The lowest BCUT2D eigenvalue weighted by molar-refractivity contribution is -0.120. The summed E-state index contributed by atoms with van der Waals surface area (Å²) in [6.07, 6.45) is 0. The molecule has 0 bridgehead atoms. The molecule has 0 spiro atoms. The van der Waals surface area contributed by atoms with Crippen LogP contribution in [0, 0.1) is 10.5 Å². The molecular formula is C17H19IN2O. The lowest BCUT2D eigenvalue weighted by Gasteiger charge is -2.24. The van der Waals surface area contributed by atoms with Crippen LogP contribution in [-0.2, 0) is 10.2 Å². The highest BCUT2D eigenvalue weighted by Gasteiger charge is 2.29. The Morgan fingerprint density at radius 3 is 2.33 bits per heavy atom. The number of hydrogen-bond acceptors (Lipinski definition) is 2. The van der Waals surface area contributed by atoms with Gasteiger partial charge in [0.1, 0.15) is 0 Å². The predicted octanol–water partition coefficient (Wildman–Crippen LogP) is 4.10. The van der Waals surface area contributed by atoms with Gasteiger partial charge in [0.2, 0.25) is 5.91 Å². The molecular weight excluding hydrogens is 375 g/mol. The van der Waals surface area contributed by atoms with E-state index >= 15 is 0 Å². The van der Waals surface area contributed by atoms with Crippen LogP contribution in [0.5, 0.6) is 0 Å². The molecule has 0 saturated carbocycles. The molecule has 0 aliphatic carbocycles. The van der Waals surface area contributed by atoms with E-state index in [1.807, 2.05) is 63.2 Å². The van der Waals surface area contributed by atoms with E-state index in [-0.39, 0.29) is 5.91 Å². The molecule has 0 aliphatic heterocycles. The van der Waals surface area contributed by atoms with Crippen molar-refractivity contribution in [3.05, 3.63) is 57.2 Å². The summed E-state index contributed by atoms with van der Waals surface area (Å²) in [6, 6.07) is 13.3. The van der Waals surface area contributed by atoms with Crippen molar-refractivity contribution in [3.8, 4) is 0 Å². The molecule has 4 heteroatoms. The van der Waals surface area contributed by atoms with Crippen molar-refractivity contribution in [2.45, 2.75) is 26.2 Å². The number of aryl methyl sites for hydroxylation is 1. The van der Waals surface area contributed by atoms with E-state index in [9.17, 15) is 4.79 Å². The summed E-state index contributed by atoms with van der Waals surface area (Å²) >= 11 is 2.27. The Labute approximate surface area is 139 Å². The van der Waals surface area contributed by atoms with Gasteiger partial charge in [-0.3, -0.25) is 4.79 Å². The zero-order valence-corrected chi connectivity index (χ0v) is 14.6. The van der Waals surface area contributed by atoms with Crippen molar-refractivity contribution >= 4 is 39.9 Å². The zero-order chi connectivity index (χ0) is 15.6. The van der Waals surface area contributed by atoms with Gasteiger partial charge in [0.25, 0.3) is 0 Å². The molecule has 0 atom stereocenters. The molecule has 0 heterocycles. The number of anilines is 2. The van der Waals surface area contributed by atoms with Crippen LogP contribution in [0.15, 0.2) is 42.5 Å². The van der Waals surface area contributed by atoms with E-state index < -0.39 is 5.41 Å². The number of carbonyl (C=O) groups excluding carboxylic acids is 1. The van der Waals surface area contributed by atoms with Crippen molar-refractivity contribution in [1.82, 2.24) is 0 Å². The second kappa shape index (κ2) is 6.05. The summed E-state index contributed by atoms with van der Waals surface area (Å²) < 4.78 is 1.13. The molecule has 2 aromatic rings. The molecule has 0 aliphatic rings. The molecule has 1 amide bonds. The van der Waals surface area contributed by atoms with E-state index in [4.69, 9.17) is 5.73 Å². The van der Waals surface area contributed by atoms with Crippen LogP contribution in [0.3, 0.4) is 0 Å². The van der Waals surface area contributed by atoms with Gasteiger partial charge in [-0.15, -0.1) is 0 Å². The Bertz CT molecular complexity index is 663. The summed E-state index contributed by atoms with van der Waals surface area (Å²) in [5.41, 5.74) is 8.73. The Morgan fingerprint density at radius 1 is 1.14 bits per heavy atom. The van der Waals surface area contributed by atoms with E-state index in [2.05, 4.69) is 27.9 Å². The first kappa shape index (κ1) is 15.8. The van der Waals surface area contributed by atoms with Gasteiger partial charge in [0, 0.05) is 14.9 Å². The van der Waals surface area contributed by atoms with Gasteiger partial charge >= 0.3 is 0 Å². The van der Waals surface area contributed by atoms with Crippen LogP contribution >= 0.6 is 22.6 Å². The van der Waals surface area contributed by atoms with Crippen molar-refractivity contribution in [3.63, 3.8) is 0 Å². The average Bonchev–Trinajstić information content (AvgIpc) is 2.43. The van der Waals surface area contributed by atoms with Crippen LogP contribution in [0.4, 0.5) is 11.4 Å². The summed E-state index contributed by atoms with van der Waals surface area (Å²) in [5, 5.41) is 2.99. The summed E-state index contributed by atoms with van der Waals surface area (Å²) in [4.78, 5) is 12.6. The number of nitrogens with two attached hydrogens (primary N) is 1. The number of halogens is 1. The maximum absolute atomic E-state index is 12.6. The van der Waals surface area contributed by atoms with E-state index in [0.29, 0.717) is 5.69 Å². The van der Waals surface area contributed by atoms with E-state index in [0.717, 1.165) is 14.8 Å². The van der Waals surface area contributed by atoms with E-state index in [1.54, 1.807) is 0 Å². The third kappa shape index (κ3) is 3.56. The fourth-order valence-corrected chi connectivity index (χ4v) is 2.50. The van der Waals surface area contributed by atoms with Crippen LogP contribution in [0.1, 0.15) is 25.0 Å². The molecule has 2 rings (SSSR count). The maximum atomic E-state index is 12.6. The van der Waals surface area contributed by atoms with Crippen LogP contribution in [0.25, 0.3) is 0 Å². The molecule has 3 nitrogen and oxygen atoms in total. The van der Waals surface area contributed by atoms with Gasteiger partial charge in [-0.25, -0.2) is 0 Å². The molecule has 0 radical (unpaired) electrons. The maximum Gasteiger partial charge on any atom is 0.234 e. The molecule has 0 unspecified atom stereocenters. The summed E-state index contributed by atoms with van der Waals surface area (Å²) in [5.74, 6) is -0.0353. The van der Waals surface area contributed by atoms with Gasteiger partial charge in [-0.1, -0.05) is 18.2 Å². The molecule has 21 heavy (non-hydrogen) atoms. The van der Waals surface area contributed by atoms with Crippen molar-refractivity contribution in [1.29, 1.82) is 0 Å². The molecule has 0 fully saturated rings. The number of nitrogens with one attached hydrogen (secondary N) is 1. The number of rotatable bonds is 3. The normalized spacial score (nSPS) is 11.2. The summed E-state index contributed by atoms with van der Waals surface area (Å²) in [6.45, 7) is 5.87. The Kier molecular flexibility index (Phi) is 4.56. The lowest BCUT2D eigenvalue weighted by atomic mass is 9.83. The fourth-order valence-electron chi connectivity index (χ4n) is 1.99. The SMILES string of the molecule is Cc1ccc(NC(=O)C(C)(C)c2ccc(N)cc2)cc1I. The average molecular weight is 394 g/mol. The van der Waals surface area contributed by atoms with Gasteiger partial charge in [-0.2, -0.15) is 0 Å². The van der Waals surface area contributed by atoms with Crippen LogP contribution < -0.4 is 11.1 Å². The van der Waals surface area contributed by atoms with Crippen molar-refractivity contribution in [2.75, 3.05) is 11.1 Å². The third-order valence-electron chi connectivity index (χ3n) is 3.63.